The van der Waals surface area contributed by atoms with Crippen LogP contribution in [0.15, 0.2) is 0 Å². The van der Waals surface area contributed by atoms with Gasteiger partial charge in [-0.1, -0.05) is 51.4 Å². The van der Waals surface area contributed by atoms with Gasteiger partial charge in [0, 0.05) is 12.8 Å². The Labute approximate surface area is 128 Å². The summed E-state index contributed by atoms with van der Waals surface area (Å²) in [5.74, 6) is -1.48. The second-order valence-electron chi connectivity index (χ2n) is 5.55. The van der Waals surface area contributed by atoms with Gasteiger partial charge >= 0.3 is 11.4 Å². The van der Waals surface area contributed by atoms with Crippen LogP contribution in [-0.4, -0.2) is 25.6 Å². The van der Waals surface area contributed by atoms with Gasteiger partial charge in [-0.15, -0.1) is 9.35 Å². The molecule has 1 N–H and O–H groups in total. The van der Waals surface area contributed by atoms with Crippen LogP contribution in [0.3, 0.4) is 0 Å². The number of carbonyl (C=O) groups excluding carboxylic acids is 2. The van der Waals surface area contributed by atoms with E-state index in [1.807, 2.05) is 0 Å². The molecule has 1 saturated carbocycles. The third kappa shape index (κ3) is 7.15. The van der Waals surface area contributed by atoms with E-state index in [2.05, 4.69) is 4.28 Å². The first-order valence-electron chi connectivity index (χ1n) is 7.66. The number of hydroxylamine groups is 2. The molecule has 1 fully saturated rings. The lowest BCUT2D eigenvalue weighted by Crippen LogP contribution is -2.40. The summed E-state index contributed by atoms with van der Waals surface area (Å²) in [7, 11) is 0. The van der Waals surface area contributed by atoms with Gasteiger partial charge in [0.05, 0.1) is 0 Å². The Morgan fingerprint density at radius 3 is 1.81 bits per heavy atom. The van der Waals surface area contributed by atoms with Crippen molar-refractivity contribution in [1.29, 1.82) is 0 Å². The average molecular weight is 319 g/mol. The maximum atomic E-state index is 12.4. The van der Waals surface area contributed by atoms with Gasteiger partial charge in [-0.05, 0) is 12.8 Å². The van der Waals surface area contributed by atoms with Crippen molar-refractivity contribution in [2.45, 2.75) is 71.1 Å². The second-order valence-corrected chi connectivity index (χ2v) is 6.13. The number of hydrogen-bond acceptors (Lipinski definition) is 4. The molecule has 0 heterocycles. The summed E-state index contributed by atoms with van der Waals surface area (Å²) in [6.45, 7) is 1.15. The molecular formula is C14H25NO5S. The SMILES string of the molecule is CC(=O)N(OS(=O)O)C(=O)C1CCCCCCCCCC1. The number of imide groups is 1. The Morgan fingerprint density at radius 1 is 1.00 bits per heavy atom. The summed E-state index contributed by atoms with van der Waals surface area (Å²) in [5.41, 5.74) is 0. The van der Waals surface area contributed by atoms with Crippen molar-refractivity contribution >= 4 is 23.2 Å². The molecule has 0 aromatic rings. The molecule has 21 heavy (non-hydrogen) atoms. The Bertz CT molecular complexity index is 362. The van der Waals surface area contributed by atoms with E-state index >= 15 is 0 Å². The van der Waals surface area contributed by atoms with Crippen molar-refractivity contribution in [2.75, 3.05) is 0 Å². The maximum absolute atomic E-state index is 12.4. The van der Waals surface area contributed by atoms with Gasteiger partial charge in [-0.2, -0.15) is 4.21 Å². The third-order valence-corrected chi connectivity index (χ3v) is 4.11. The van der Waals surface area contributed by atoms with Crippen LogP contribution in [0.2, 0.25) is 0 Å². The minimum atomic E-state index is -2.67. The van der Waals surface area contributed by atoms with Crippen LogP contribution >= 0.6 is 0 Å². The fraction of sp³-hybridized carbons (Fsp3) is 0.857. The molecule has 6 nitrogen and oxygen atoms in total. The monoisotopic (exact) mass is 319 g/mol. The fourth-order valence-electron chi connectivity index (χ4n) is 2.71. The van der Waals surface area contributed by atoms with Crippen molar-refractivity contribution in [3.8, 4) is 0 Å². The Hall–Kier alpha value is -0.790. The van der Waals surface area contributed by atoms with Gasteiger partial charge in [-0.25, -0.2) is 0 Å². The first kappa shape index (κ1) is 18.3. The van der Waals surface area contributed by atoms with E-state index in [4.69, 9.17) is 4.55 Å². The summed E-state index contributed by atoms with van der Waals surface area (Å²) >= 11 is -2.67. The largest absolute Gasteiger partial charge is 0.325 e. The molecule has 1 rings (SSSR count). The highest BCUT2D eigenvalue weighted by Gasteiger charge is 2.29. The topological polar surface area (TPSA) is 83.9 Å². The number of nitrogens with zero attached hydrogens (tertiary/aromatic N) is 1. The van der Waals surface area contributed by atoms with Crippen molar-refractivity contribution in [3.63, 3.8) is 0 Å². The molecule has 0 aliphatic heterocycles. The highest BCUT2D eigenvalue weighted by molar-refractivity contribution is 7.74. The fourth-order valence-corrected chi connectivity index (χ4v) is 3.01. The zero-order valence-electron chi connectivity index (χ0n) is 12.6. The van der Waals surface area contributed by atoms with E-state index < -0.39 is 23.2 Å². The quantitative estimate of drug-likeness (QED) is 0.638. The van der Waals surface area contributed by atoms with Gasteiger partial charge in [0.15, 0.2) is 0 Å². The summed E-state index contributed by atoms with van der Waals surface area (Å²) in [5, 5.41) is 0.445. The van der Waals surface area contributed by atoms with Crippen LogP contribution in [-0.2, 0) is 25.2 Å². The molecule has 0 spiro atoms. The first-order chi connectivity index (χ1) is 10.0. The summed E-state index contributed by atoms with van der Waals surface area (Å²) < 4.78 is 23.9. The third-order valence-electron chi connectivity index (χ3n) is 3.83. The molecule has 1 aliphatic rings. The molecule has 0 aromatic carbocycles. The molecular weight excluding hydrogens is 294 g/mol. The Balaban J connectivity index is 2.68. The van der Waals surface area contributed by atoms with E-state index in [1.165, 1.54) is 25.7 Å². The van der Waals surface area contributed by atoms with Crippen molar-refractivity contribution in [1.82, 2.24) is 5.06 Å². The van der Waals surface area contributed by atoms with Crippen LogP contribution in [0.4, 0.5) is 0 Å². The molecule has 1 aliphatic carbocycles. The van der Waals surface area contributed by atoms with E-state index in [1.54, 1.807) is 0 Å². The van der Waals surface area contributed by atoms with Crippen LogP contribution < -0.4 is 0 Å². The molecule has 0 bridgehead atoms. The summed E-state index contributed by atoms with van der Waals surface area (Å²) in [6, 6.07) is 0. The lowest BCUT2D eigenvalue weighted by Gasteiger charge is -2.22. The molecule has 0 saturated heterocycles. The molecule has 122 valence electrons. The number of carbonyl (C=O) groups is 2. The minimum absolute atomic E-state index is 0.310. The minimum Gasteiger partial charge on any atom is -0.282 e. The standard InChI is InChI=1S/C14H25NO5S/c1-12(16)15(20-21(18)19)14(17)13-10-8-6-4-2-3-5-7-9-11-13/h13H,2-11H2,1H3,(H,18,19). The Kier molecular flexibility index (Phi) is 8.72. The van der Waals surface area contributed by atoms with Gasteiger partial charge in [0.2, 0.25) is 0 Å². The summed E-state index contributed by atoms with van der Waals surface area (Å²) in [4.78, 5) is 23.8. The number of hydrogen-bond donors (Lipinski definition) is 1. The predicted molar refractivity (Wildman–Crippen MR) is 79.0 cm³/mol. The van der Waals surface area contributed by atoms with Gasteiger partial charge in [0.25, 0.3) is 11.8 Å². The lowest BCUT2D eigenvalue weighted by molar-refractivity contribution is -0.173. The highest BCUT2D eigenvalue weighted by atomic mass is 32.2. The van der Waals surface area contributed by atoms with Crippen molar-refractivity contribution < 1.29 is 22.6 Å². The molecule has 0 aromatic heterocycles. The van der Waals surface area contributed by atoms with Crippen LogP contribution in [0.25, 0.3) is 0 Å². The molecule has 0 radical (unpaired) electrons. The average Bonchev–Trinajstić information content (AvgIpc) is 2.48. The Morgan fingerprint density at radius 2 is 1.43 bits per heavy atom. The van der Waals surface area contributed by atoms with E-state index in [-0.39, 0.29) is 5.92 Å². The van der Waals surface area contributed by atoms with Gasteiger partial charge < -0.3 is 0 Å². The summed E-state index contributed by atoms with van der Waals surface area (Å²) in [6.07, 6.45) is 10.3. The molecule has 1 atom stereocenters. The maximum Gasteiger partial charge on any atom is 0.325 e. The van der Waals surface area contributed by atoms with E-state index in [0.717, 1.165) is 32.6 Å². The first-order valence-corrected chi connectivity index (χ1v) is 8.69. The zero-order valence-corrected chi connectivity index (χ0v) is 13.4. The molecule has 7 heteroatoms. The van der Waals surface area contributed by atoms with E-state index in [0.29, 0.717) is 17.9 Å². The number of rotatable bonds is 3. The van der Waals surface area contributed by atoms with Crippen molar-refractivity contribution in [3.05, 3.63) is 0 Å². The smallest absolute Gasteiger partial charge is 0.282 e. The van der Waals surface area contributed by atoms with Gasteiger partial charge in [0.1, 0.15) is 0 Å². The predicted octanol–water partition coefficient (Wildman–Crippen LogP) is 2.96. The van der Waals surface area contributed by atoms with Crippen LogP contribution in [0.1, 0.15) is 71.1 Å². The normalized spacial score (nSPS) is 20.3. The van der Waals surface area contributed by atoms with Crippen LogP contribution in [0, 0.1) is 5.92 Å². The van der Waals surface area contributed by atoms with Gasteiger partial charge in [-0.3, -0.25) is 14.1 Å². The van der Waals surface area contributed by atoms with Crippen molar-refractivity contribution in [2.24, 2.45) is 5.92 Å². The second kappa shape index (κ2) is 10.0. The zero-order chi connectivity index (χ0) is 15.7. The van der Waals surface area contributed by atoms with E-state index in [9.17, 15) is 13.8 Å². The molecule has 1 unspecified atom stereocenters. The number of amides is 2. The van der Waals surface area contributed by atoms with Crippen LogP contribution in [0.5, 0.6) is 0 Å². The highest BCUT2D eigenvalue weighted by Crippen LogP contribution is 2.23. The lowest BCUT2D eigenvalue weighted by atomic mass is 9.94. The molecule has 2 amide bonds.